The molecule has 0 unspecified atom stereocenters. The molecule has 0 aliphatic carbocycles. The summed E-state index contributed by atoms with van der Waals surface area (Å²) in [6.07, 6.45) is -4.76. The van der Waals surface area contributed by atoms with Crippen LogP contribution in [0.2, 0.25) is 0 Å². The van der Waals surface area contributed by atoms with Crippen molar-refractivity contribution in [2.24, 2.45) is 0 Å². The number of amides is 1. The number of halogens is 3. The van der Waals surface area contributed by atoms with Crippen molar-refractivity contribution in [1.82, 2.24) is 4.72 Å². The second-order valence-electron chi connectivity index (χ2n) is 7.68. The summed E-state index contributed by atoms with van der Waals surface area (Å²) in [5.74, 6) is -1.74. The number of carbonyl (C=O) groups excluding carboxylic acids is 1. The first-order chi connectivity index (χ1) is 16.0. The Labute approximate surface area is 193 Å². The molecule has 0 atom stereocenters. The molecule has 0 radical (unpaired) electrons. The largest absolute Gasteiger partial charge is 0.450 e. The lowest BCUT2D eigenvalue weighted by molar-refractivity contribution is -0.136. The molecule has 10 heteroatoms. The highest BCUT2D eigenvalue weighted by atomic mass is 32.2. The summed E-state index contributed by atoms with van der Waals surface area (Å²) in [6.45, 7) is 0. The van der Waals surface area contributed by atoms with Gasteiger partial charge in [-0.2, -0.15) is 13.2 Å². The lowest BCUT2D eigenvalue weighted by Crippen LogP contribution is -2.30. The second-order valence-corrected chi connectivity index (χ2v) is 9.33. The molecule has 0 spiro atoms. The summed E-state index contributed by atoms with van der Waals surface area (Å²) in [5.41, 5.74) is -0.767. The Hall–Kier alpha value is -3.79. The van der Waals surface area contributed by atoms with E-state index in [1.54, 1.807) is 42.5 Å². The number of rotatable bonds is 5. The maximum Gasteiger partial charge on any atom is 0.422 e. The van der Waals surface area contributed by atoms with E-state index in [2.05, 4.69) is 0 Å². The first-order valence-corrected chi connectivity index (χ1v) is 11.5. The molecule has 1 amide bonds. The lowest BCUT2D eigenvalue weighted by Gasteiger charge is -2.19. The standard InChI is InChI=1S/C24H19F3N2O4S/c1-29(2)18-13-12-16-14-19(33-22(16)21(18)24(25,26)27)23(30)28-34(31,32)20-11-7-6-10-17(20)15-8-4-3-5-9-15/h3-14H,1-2H3,(H,28,30). The van der Waals surface area contributed by atoms with E-state index in [1.165, 1.54) is 43.3 Å². The summed E-state index contributed by atoms with van der Waals surface area (Å²) < 4.78 is 74.5. The van der Waals surface area contributed by atoms with Crippen LogP contribution in [0.25, 0.3) is 22.1 Å². The zero-order valence-electron chi connectivity index (χ0n) is 18.1. The second kappa shape index (κ2) is 8.53. The predicted molar refractivity (Wildman–Crippen MR) is 122 cm³/mol. The Morgan fingerprint density at radius 1 is 0.941 bits per heavy atom. The van der Waals surface area contributed by atoms with Crippen LogP contribution in [-0.4, -0.2) is 28.4 Å². The molecule has 1 aromatic heterocycles. The highest BCUT2D eigenvalue weighted by Gasteiger charge is 2.38. The van der Waals surface area contributed by atoms with Gasteiger partial charge in [0.25, 0.3) is 10.0 Å². The fourth-order valence-corrected chi connectivity index (χ4v) is 4.82. The Bertz CT molecular complexity index is 1480. The van der Waals surface area contributed by atoms with E-state index in [9.17, 15) is 26.4 Å². The highest BCUT2D eigenvalue weighted by molar-refractivity contribution is 7.90. The SMILES string of the molecule is CN(C)c1ccc2cc(C(=O)NS(=O)(=O)c3ccccc3-c3ccccc3)oc2c1C(F)(F)F. The van der Waals surface area contributed by atoms with Gasteiger partial charge in [-0.3, -0.25) is 4.79 Å². The van der Waals surface area contributed by atoms with Gasteiger partial charge < -0.3 is 9.32 Å². The number of furan rings is 1. The maximum absolute atomic E-state index is 13.8. The Kier molecular flexibility index (Phi) is 5.86. The van der Waals surface area contributed by atoms with Crippen molar-refractivity contribution in [2.75, 3.05) is 19.0 Å². The van der Waals surface area contributed by atoms with Gasteiger partial charge in [0, 0.05) is 25.0 Å². The van der Waals surface area contributed by atoms with Gasteiger partial charge in [-0.1, -0.05) is 48.5 Å². The van der Waals surface area contributed by atoms with Crippen molar-refractivity contribution >= 4 is 32.6 Å². The molecule has 34 heavy (non-hydrogen) atoms. The summed E-state index contributed by atoms with van der Waals surface area (Å²) in [4.78, 5) is 13.9. The van der Waals surface area contributed by atoms with Crippen molar-refractivity contribution in [3.63, 3.8) is 0 Å². The summed E-state index contributed by atoms with van der Waals surface area (Å²) in [7, 11) is -1.48. The molecule has 0 aliphatic heterocycles. The van der Waals surface area contributed by atoms with Crippen molar-refractivity contribution in [1.29, 1.82) is 0 Å². The molecule has 4 aromatic rings. The predicted octanol–water partition coefficient (Wildman–Crippen LogP) is 5.30. The molecule has 0 aliphatic rings. The topological polar surface area (TPSA) is 79.6 Å². The first-order valence-electron chi connectivity index (χ1n) is 10.0. The minimum atomic E-state index is -4.76. The zero-order valence-corrected chi connectivity index (χ0v) is 18.9. The molecule has 3 aromatic carbocycles. The lowest BCUT2D eigenvalue weighted by atomic mass is 10.1. The monoisotopic (exact) mass is 488 g/mol. The van der Waals surface area contributed by atoms with Crippen molar-refractivity contribution in [3.8, 4) is 11.1 Å². The number of alkyl halides is 3. The molecular weight excluding hydrogens is 469 g/mol. The minimum Gasteiger partial charge on any atom is -0.450 e. The van der Waals surface area contributed by atoms with Crippen LogP contribution in [-0.2, 0) is 16.2 Å². The Morgan fingerprint density at radius 2 is 1.59 bits per heavy atom. The van der Waals surface area contributed by atoms with E-state index >= 15 is 0 Å². The summed E-state index contributed by atoms with van der Waals surface area (Å²) in [5, 5.41) is 0.0187. The van der Waals surface area contributed by atoms with Gasteiger partial charge >= 0.3 is 12.1 Å². The number of nitrogens with one attached hydrogen (secondary N) is 1. The number of sulfonamides is 1. The normalized spacial score (nSPS) is 12.0. The highest BCUT2D eigenvalue weighted by Crippen LogP contribution is 2.42. The van der Waals surface area contributed by atoms with Gasteiger partial charge in [0.05, 0.1) is 10.6 Å². The average molecular weight is 488 g/mol. The van der Waals surface area contributed by atoms with Gasteiger partial charge in [-0.25, -0.2) is 13.1 Å². The number of anilines is 1. The molecule has 4 rings (SSSR count). The molecule has 1 N–H and O–H groups in total. The third-order valence-electron chi connectivity index (χ3n) is 5.14. The molecule has 0 saturated carbocycles. The summed E-state index contributed by atoms with van der Waals surface area (Å²) >= 11 is 0. The molecular formula is C24H19F3N2O4S. The number of hydrogen-bond acceptors (Lipinski definition) is 5. The minimum absolute atomic E-state index is 0.0187. The van der Waals surface area contributed by atoms with Gasteiger partial charge in [0.2, 0.25) is 0 Å². The average Bonchev–Trinajstić information content (AvgIpc) is 3.22. The van der Waals surface area contributed by atoms with Crippen LogP contribution in [0.1, 0.15) is 16.1 Å². The van der Waals surface area contributed by atoms with Gasteiger partial charge in [0.1, 0.15) is 11.1 Å². The van der Waals surface area contributed by atoms with Crippen LogP contribution in [0.15, 0.2) is 82.1 Å². The van der Waals surface area contributed by atoms with E-state index in [0.717, 1.165) is 6.07 Å². The van der Waals surface area contributed by atoms with Gasteiger partial charge in [0.15, 0.2) is 5.76 Å². The van der Waals surface area contributed by atoms with Crippen molar-refractivity contribution in [3.05, 3.63) is 84.1 Å². The molecule has 0 bridgehead atoms. The number of benzene rings is 3. The Morgan fingerprint density at radius 3 is 2.24 bits per heavy atom. The molecule has 1 heterocycles. The van der Waals surface area contributed by atoms with E-state index in [4.69, 9.17) is 4.42 Å². The van der Waals surface area contributed by atoms with Gasteiger partial charge in [-0.15, -0.1) is 0 Å². The number of fused-ring (bicyclic) bond motifs is 1. The first kappa shape index (κ1) is 23.4. The van der Waals surface area contributed by atoms with Crippen LogP contribution in [0.3, 0.4) is 0 Å². The van der Waals surface area contributed by atoms with Crippen molar-refractivity contribution < 1.29 is 30.8 Å². The third kappa shape index (κ3) is 4.36. The maximum atomic E-state index is 13.8. The molecule has 0 fully saturated rings. The number of carbonyl (C=O) groups is 1. The van der Waals surface area contributed by atoms with Crippen LogP contribution in [0, 0.1) is 0 Å². The van der Waals surface area contributed by atoms with Gasteiger partial charge in [-0.05, 0) is 29.8 Å². The van der Waals surface area contributed by atoms with Crippen molar-refractivity contribution in [2.45, 2.75) is 11.1 Å². The van der Waals surface area contributed by atoms with Crippen LogP contribution >= 0.6 is 0 Å². The molecule has 0 saturated heterocycles. The van der Waals surface area contributed by atoms with E-state index in [0.29, 0.717) is 11.1 Å². The van der Waals surface area contributed by atoms with E-state index < -0.39 is 39.0 Å². The summed E-state index contributed by atoms with van der Waals surface area (Å²) in [6, 6.07) is 18.5. The third-order valence-corrected chi connectivity index (χ3v) is 6.53. The fourth-order valence-electron chi connectivity index (χ4n) is 3.64. The quantitative estimate of drug-likeness (QED) is 0.412. The Balaban J connectivity index is 1.74. The smallest absolute Gasteiger partial charge is 0.422 e. The van der Waals surface area contributed by atoms with Crippen LogP contribution < -0.4 is 9.62 Å². The molecule has 176 valence electrons. The number of nitrogens with zero attached hydrogens (tertiary/aromatic N) is 1. The molecule has 6 nitrogen and oxygen atoms in total. The fraction of sp³-hybridized carbons (Fsp3) is 0.125. The van der Waals surface area contributed by atoms with Crippen LogP contribution in [0.5, 0.6) is 0 Å². The van der Waals surface area contributed by atoms with Crippen LogP contribution in [0.4, 0.5) is 18.9 Å². The zero-order chi connectivity index (χ0) is 24.7. The van der Waals surface area contributed by atoms with E-state index in [1.807, 2.05) is 4.72 Å². The number of hydrogen-bond donors (Lipinski definition) is 1. The van der Waals surface area contributed by atoms with E-state index in [-0.39, 0.29) is 16.0 Å².